The van der Waals surface area contributed by atoms with E-state index in [0.29, 0.717) is 0 Å². The van der Waals surface area contributed by atoms with Gasteiger partial charge in [-0.1, -0.05) is 140 Å². The van der Waals surface area contributed by atoms with Gasteiger partial charge in [0.2, 0.25) is 0 Å². The molecule has 8 rings (SSSR count). The highest BCUT2D eigenvalue weighted by atomic mass is 15.1. The number of benzene rings is 8. The molecule has 0 aliphatic carbocycles. The topological polar surface area (TPSA) is 3.24 Å². The van der Waals surface area contributed by atoms with E-state index < -0.39 is 0 Å². The first-order valence-electron chi connectivity index (χ1n) is 14.1. The van der Waals surface area contributed by atoms with Gasteiger partial charge in [-0.15, -0.1) is 0 Å². The summed E-state index contributed by atoms with van der Waals surface area (Å²) in [5, 5.41) is 9.86. The number of hydrogen-bond acceptors (Lipinski definition) is 1. The van der Waals surface area contributed by atoms with Crippen molar-refractivity contribution in [2.75, 3.05) is 4.90 Å². The molecule has 0 fully saturated rings. The van der Waals surface area contributed by atoms with Gasteiger partial charge in [0.05, 0.1) is 11.4 Å². The minimum atomic E-state index is 1.13. The Morgan fingerprint density at radius 1 is 0.293 bits per heavy atom. The first kappa shape index (κ1) is 23.5. The van der Waals surface area contributed by atoms with Crippen LogP contribution in [0.2, 0.25) is 0 Å². The molecule has 8 aromatic carbocycles. The van der Waals surface area contributed by atoms with Crippen molar-refractivity contribution in [1.29, 1.82) is 0 Å². The van der Waals surface area contributed by atoms with Crippen molar-refractivity contribution in [3.05, 3.63) is 164 Å². The molecule has 0 aromatic heterocycles. The van der Waals surface area contributed by atoms with E-state index >= 15 is 0 Å². The first-order valence-corrected chi connectivity index (χ1v) is 14.1. The number of hydrogen-bond donors (Lipinski definition) is 0. The Morgan fingerprint density at radius 2 is 0.634 bits per heavy atom. The molecule has 0 spiro atoms. The van der Waals surface area contributed by atoms with E-state index in [-0.39, 0.29) is 0 Å². The number of nitrogens with zero attached hydrogens (tertiary/aromatic N) is 1. The molecule has 41 heavy (non-hydrogen) atoms. The van der Waals surface area contributed by atoms with Gasteiger partial charge in [0.25, 0.3) is 0 Å². The summed E-state index contributed by atoms with van der Waals surface area (Å²) in [5.74, 6) is 0. The second-order valence-corrected chi connectivity index (χ2v) is 10.6. The summed E-state index contributed by atoms with van der Waals surface area (Å²) in [4.78, 5) is 2.50. The molecule has 0 amide bonds. The lowest BCUT2D eigenvalue weighted by atomic mass is 9.95. The van der Waals surface area contributed by atoms with Crippen LogP contribution in [0, 0.1) is 0 Å². The van der Waals surface area contributed by atoms with Gasteiger partial charge < -0.3 is 4.90 Å². The van der Waals surface area contributed by atoms with Crippen molar-refractivity contribution >= 4 is 60.2 Å². The zero-order valence-corrected chi connectivity index (χ0v) is 22.5. The molecular weight excluding hydrogens is 494 g/mol. The number of anilines is 3. The normalized spacial score (nSPS) is 11.4. The van der Waals surface area contributed by atoms with Gasteiger partial charge in [0.15, 0.2) is 0 Å². The van der Waals surface area contributed by atoms with E-state index in [1.54, 1.807) is 0 Å². The molecule has 1 heteroatoms. The van der Waals surface area contributed by atoms with Crippen molar-refractivity contribution in [3.63, 3.8) is 0 Å². The van der Waals surface area contributed by atoms with Crippen LogP contribution in [-0.4, -0.2) is 0 Å². The van der Waals surface area contributed by atoms with Gasteiger partial charge in [0, 0.05) is 27.2 Å². The van der Waals surface area contributed by atoms with Gasteiger partial charge in [0.1, 0.15) is 0 Å². The summed E-state index contributed by atoms with van der Waals surface area (Å²) in [7, 11) is 0. The Hall–Kier alpha value is -5.40. The smallest absolute Gasteiger partial charge is 0.0618 e. The van der Waals surface area contributed by atoms with Crippen LogP contribution in [0.1, 0.15) is 0 Å². The zero-order chi connectivity index (χ0) is 27.2. The minimum absolute atomic E-state index is 1.13. The largest absolute Gasteiger partial charge is 0.308 e. The maximum Gasteiger partial charge on any atom is 0.0618 e. The Bertz CT molecular complexity index is 1970. The van der Waals surface area contributed by atoms with Crippen LogP contribution >= 0.6 is 0 Å². The Morgan fingerprint density at radius 3 is 1.05 bits per heavy atom. The van der Waals surface area contributed by atoms with E-state index in [9.17, 15) is 0 Å². The van der Waals surface area contributed by atoms with Crippen molar-refractivity contribution in [3.8, 4) is 11.1 Å². The summed E-state index contributed by atoms with van der Waals surface area (Å²) in [5.41, 5.74) is 5.96. The fourth-order valence-electron chi connectivity index (χ4n) is 6.26. The summed E-state index contributed by atoms with van der Waals surface area (Å²) in [6.45, 7) is 0. The summed E-state index contributed by atoms with van der Waals surface area (Å²) in [6.07, 6.45) is 0. The van der Waals surface area contributed by atoms with Crippen LogP contribution in [0.4, 0.5) is 17.1 Å². The molecule has 0 bridgehead atoms. The monoisotopic (exact) mass is 521 g/mol. The molecule has 0 N–H and O–H groups in total. The molecule has 0 unspecified atom stereocenters. The maximum absolute atomic E-state index is 2.50. The van der Waals surface area contributed by atoms with E-state index in [2.05, 4.69) is 169 Å². The highest BCUT2D eigenvalue weighted by molar-refractivity contribution is 6.20. The molecule has 0 aliphatic rings. The fourth-order valence-corrected chi connectivity index (χ4v) is 6.26. The summed E-state index contributed by atoms with van der Waals surface area (Å²) >= 11 is 0. The van der Waals surface area contributed by atoms with Gasteiger partial charge >= 0.3 is 0 Å². The second kappa shape index (κ2) is 9.66. The Kier molecular flexibility index (Phi) is 5.53. The van der Waals surface area contributed by atoms with E-state index in [0.717, 1.165) is 5.69 Å². The molecule has 0 atom stereocenters. The zero-order valence-electron chi connectivity index (χ0n) is 22.5. The third-order valence-electron chi connectivity index (χ3n) is 8.17. The van der Waals surface area contributed by atoms with Gasteiger partial charge in [-0.3, -0.25) is 0 Å². The molecule has 0 aliphatic heterocycles. The van der Waals surface area contributed by atoms with Crippen LogP contribution < -0.4 is 4.90 Å². The van der Waals surface area contributed by atoms with Crippen LogP contribution in [-0.2, 0) is 0 Å². The molecule has 0 saturated heterocycles. The number of fused-ring (bicyclic) bond motifs is 4. The maximum atomic E-state index is 2.50. The summed E-state index contributed by atoms with van der Waals surface area (Å²) < 4.78 is 0. The van der Waals surface area contributed by atoms with E-state index in [4.69, 9.17) is 0 Å². The molecule has 0 heterocycles. The molecule has 0 radical (unpaired) electrons. The number of rotatable bonds is 4. The van der Waals surface area contributed by atoms with Crippen LogP contribution in [0.3, 0.4) is 0 Å². The first-order chi connectivity index (χ1) is 20.3. The van der Waals surface area contributed by atoms with Crippen molar-refractivity contribution in [1.82, 2.24) is 0 Å². The second-order valence-electron chi connectivity index (χ2n) is 10.6. The van der Waals surface area contributed by atoms with Gasteiger partial charge in [-0.2, -0.15) is 0 Å². The molecule has 0 saturated carbocycles. The standard InChI is InChI=1S/C40H27N/c1-2-12-28(13-3-1)29-22-24-34(25-23-29)41(39-35-18-8-4-14-30(35)26-31-15-5-9-19-36(31)39)40-37-20-10-6-16-32(37)27-33-17-7-11-21-38(33)40/h1-27H. The predicted octanol–water partition coefficient (Wildman–Crippen LogP) is 11.4. The highest BCUT2D eigenvalue weighted by Crippen LogP contribution is 2.48. The van der Waals surface area contributed by atoms with Gasteiger partial charge in [-0.25, -0.2) is 0 Å². The lowest BCUT2D eigenvalue weighted by Crippen LogP contribution is -2.12. The minimum Gasteiger partial charge on any atom is -0.308 e. The third-order valence-corrected chi connectivity index (χ3v) is 8.17. The molecule has 1 nitrogen and oxygen atoms in total. The predicted molar refractivity (Wildman–Crippen MR) is 177 cm³/mol. The molecular formula is C40H27N. The van der Waals surface area contributed by atoms with Crippen LogP contribution in [0.15, 0.2) is 164 Å². The third kappa shape index (κ3) is 3.94. The van der Waals surface area contributed by atoms with Crippen molar-refractivity contribution in [2.24, 2.45) is 0 Å². The van der Waals surface area contributed by atoms with Crippen molar-refractivity contribution in [2.45, 2.75) is 0 Å². The Balaban J connectivity index is 1.52. The van der Waals surface area contributed by atoms with E-state index in [1.165, 1.54) is 65.6 Å². The molecule has 192 valence electrons. The Labute approximate surface area is 239 Å². The van der Waals surface area contributed by atoms with E-state index in [1.807, 2.05) is 0 Å². The lowest BCUT2D eigenvalue weighted by molar-refractivity contribution is 1.34. The van der Waals surface area contributed by atoms with Crippen LogP contribution in [0.5, 0.6) is 0 Å². The molecule has 8 aromatic rings. The SMILES string of the molecule is c1ccc(-c2ccc(N(c3c4ccccc4cc4ccccc34)c3c4ccccc4cc4ccccc34)cc2)cc1. The summed E-state index contributed by atoms with van der Waals surface area (Å²) in [6, 6.07) is 59.3. The van der Waals surface area contributed by atoms with Crippen LogP contribution in [0.25, 0.3) is 54.2 Å². The average Bonchev–Trinajstić information content (AvgIpc) is 3.05. The van der Waals surface area contributed by atoms with Crippen molar-refractivity contribution < 1.29 is 0 Å². The quantitative estimate of drug-likeness (QED) is 0.208. The average molecular weight is 522 g/mol. The highest BCUT2D eigenvalue weighted by Gasteiger charge is 2.22. The fraction of sp³-hybridized carbons (Fsp3) is 0. The lowest BCUT2D eigenvalue weighted by Gasteiger charge is -2.31. The van der Waals surface area contributed by atoms with Gasteiger partial charge in [-0.05, 0) is 56.9 Å².